The third-order valence-corrected chi connectivity index (χ3v) is 7.93. The van der Waals surface area contributed by atoms with Gasteiger partial charge in [-0.05, 0) is 19.5 Å². The number of benzene rings is 1. The highest BCUT2D eigenvalue weighted by atomic mass is 32.2. The Kier molecular flexibility index (Phi) is 5.38. The maximum Gasteiger partial charge on any atom is 0.277 e. The van der Waals surface area contributed by atoms with Crippen LogP contribution < -0.4 is 15.0 Å². The topological polar surface area (TPSA) is 123 Å². The fourth-order valence-corrected chi connectivity index (χ4v) is 5.73. The molecule has 0 atom stereocenters. The number of hydrogen-bond donors (Lipinski definition) is 1. The molecule has 11 nitrogen and oxygen atoms in total. The number of likely N-dealkylation sites (N-methyl/N-ethyl adjacent to an activating group) is 1. The van der Waals surface area contributed by atoms with Crippen molar-refractivity contribution in [3.05, 3.63) is 28.2 Å². The molecule has 0 aliphatic carbocycles. The molecule has 5 rings (SSSR count). The molecule has 2 aromatic heterocycles. The highest BCUT2D eigenvalue weighted by Gasteiger charge is 2.32. The fraction of sp³-hybridized carbons (Fsp3) is 0.476. The molecule has 3 aromatic rings. The standard InChI is InChI=1S/C21H26N6O5S/c1-4-5-15-17-18(26(3)24-15)21(28)23-20(22-17)14-10-13(11-16-19(14)32-12-31-16)33(29,30)27-8-6-25(2)7-9-27/h10-11H,4-9,12H2,1-3H3,(H,22,23,28). The summed E-state index contributed by atoms with van der Waals surface area (Å²) in [6.07, 6.45) is 1.52. The van der Waals surface area contributed by atoms with E-state index in [2.05, 4.69) is 20.0 Å². The minimum absolute atomic E-state index is 0.0409. The minimum Gasteiger partial charge on any atom is -0.454 e. The lowest BCUT2D eigenvalue weighted by Gasteiger charge is -2.31. The van der Waals surface area contributed by atoms with Gasteiger partial charge in [-0.3, -0.25) is 9.48 Å². The van der Waals surface area contributed by atoms with Gasteiger partial charge in [0.05, 0.1) is 16.2 Å². The van der Waals surface area contributed by atoms with Crippen LogP contribution in [0.5, 0.6) is 11.5 Å². The number of ether oxygens (including phenoxy) is 2. The van der Waals surface area contributed by atoms with Crippen LogP contribution in [0.4, 0.5) is 0 Å². The molecule has 33 heavy (non-hydrogen) atoms. The predicted molar refractivity (Wildman–Crippen MR) is 121 cm³/mol. The van der Waals surface area contributed by atoms with Crippen molar-refractivity contribution < 1.29 is 17.9 Å². The van der Waals surface area contributed by atoms with Gasteiger partial charge >= 0.3 is 0 Å². The first-order chi connectivity index (χ1) is 15.8. The van der Waals surface area contributed by atoms with Gasteiger partial charge in [0, 0.05) is 39.3 Å². The van der Waals surface area contributed by atoms with Gasteiger partial charge in [0.15, 0.2) is 17.0 Å². The zero-order valence-corrected chi connectivity index (χ0v) is 19.6. The molecule has 4 heterocycles. The van der Waals surface area contributed by atoms with Gasteiger partial charge in [0.1, 0.15) is 11.3 Å². The molecule has 0 bridgehead atoms. The van der Waals surface area contributed by atoms with E-state index in [4.69, 9.17) is 9.47 Å². The number of piperazine rings is 1. The van der Waals surface area contributed by atoms with E-state index in [0.717, 1.165) is 12.1 Å². The Morgan fingerprint density at radius 2 is 1.88 bits per heavy atom. The van der Waals surface area contributed by atoms with Gasteiger partial charge in [-0.2, -0.15) is 9.40 Å². The average molecular weight is 475 g/mol. The van der Waals surface area contributed by atoms with Crippen molar-refractivity contribution in [3.8, 4) is 22.9 Å². The number of aryl methyl sites for hydroxylation is 2. The summed E-state index contributed by atoms with van der Waals surface area (Å²) in [7, 11) is -0.0993. The maximum absolute atomic E-state index is 13.4. The molecule has 0 spiro atoms. The molecule has 12 heteroatoms. The number of rotatable bonds is 5. The van der Waals surface area contributed by atoms with Crippen molar-refractivity contribution in [2.45, 2.75) is 24.7 Å². The van der Waals surface area contributed by atoms with Crippen LogP contribution in [0.2, 0.25) is 0 Å². The number of nitrogens with zero attached hydrogens (tertiary/aromatic N) is 5. The molecule has 0 radical (unpaired) electrons. The molecule has 1 aromatic carbocycles. The first-order valence-electron chi connectivity index (χ1n) is 10.9. The van der Waals surface area contributed by atoms with Crippen LogP contribution in [0, 0.1) is 0 Å². The van der Waals surface area contributed by atoms with Crippen molar-refractivity contribution in [1.29, 1.82) is 0 Å². The van der Waals surface area contributed by atoms with Crippen molar-refractivity contribution in [2.75, 3.05) is 40.0 Å². The van der Waals surface area contributed by atoms with Crippen LogP contribution in [-0.4, -0.2) is 77.4 Å². The van der Waals surface area contributed by atoms with Crippen LogP contribution in [0.1, 0.15) is 19.0 Å². The van der Waals surface area contributed by atoms with E-state index in [1.165, 1.54) is 21.1 Å². The first kappa shape index (κ1) is 21.9. The molecular weight excluding hydrogens is 448 g/mol. The molecule has 0 unspecified atom stereocenters. The largest absolute Gasteiger partial charge is 0.454 e. The SMILES string of the molecule is CCCc1nn(C)c2c(=O)[nH]c(-c3cc(S(=O)(=O)N4CCN(C)CC4)cc4c3OCO4)nc12. The molecule has 2 aliphatic heterocycles. The summed E-state index contributed by atoms with van der Waals surface area (Å²) in [5.74, 6) is 0.883. The lowest BCUT2D eigenvalue weighted by atomic mass is 10.1. The predicted octanol–water partition coefficient (Wildman–Crippen LogP) is 0.941. The van der Waals surface area contributed by atoms with E-state index in [-0.39, 0.29) is 23.1 Å². The summed E-state index contributed by atoms with van der Waals surface area (Å²) < 4.78 is 41.0. The van der Waals surface area contributed by atoms with Gasteiger partial charge in [-0.15, -0.1) is 0 Å². The van der Waals surface area contributed by atoms with Crippen molar-refractivity contribution in [1.82, 2.24) is 29.0 Å². The van der Waals surface area contributed by atoms with E-state index in [1.54, 1.807) is 7.05 Å². The Balaban J connectivity index is 1.66. The lowest BCUT2D eigenvalue weighted by Crippen LogP contribution is -2.47. The molecule has 1 fully saturated rings. The number of aromatic amines is 1. The smallest absolute Gasteiger partial charge is 0.277 e. The number of H-pyrrole nitrogens is 1. The molecule has 2 aliphatic rings. The highest BCUT2D eigenvalue weighted by molar-refractivity contribution is 7.89. The number of hydrogen-bond acceptors (Lipinski definition) is 8. The molecule has 1 N–H and O–H groups in total. The summed E-state index contributed by atoms with van der Waals surface area (Å²) in [5, 5.41) is 4.44. The summed E-state index contributed by atoms with van der Waals surface area (Å²) in [5.41, 5.74) is 1.60. The van der Waals surface area contributed by atoms with Gasteiger partial charge in [-0.25, -0.2) is 13.4 Å². The van der Waals surface area contributed by atoms with E-state index in [0.29, 0.717) is 60.7 Å². The van der Waals surface area contributed by atoms with Crippen LogP contribution >= 0.6 is 0 Å². The molecule has 1 saturated heterocycles. The van der Waals surface area contributed by atoms with Crippen LogP contribution in [0.15, 0.2) is 21.8 Å². The zero-order chi connectivity index (χ0) is 23.3. The second kappa shape index (κ2) is 8.12. The van der Waals surface area contributed by atoms with Gasteiger partial charge in [0.25, 0.3) is 5.56 Å². The molecule has 176 valence electrons. The van der Waals surface area contributed by atoms with Gasteiger partial charge in [0.2, 0.25) is 16.8 Å². The van der Waals surface area contributed by atoms with Crippen LogP contribution in [-0.2, 0) is 23.5 Å². The second-order valence-electron chi connectivity index (χ2n) is 8.34. The number of nitrogens with one attached hydrogen (secondary N) is 1. The van der Waals surface area contributed by atoms with Crippen LogP contribution in [0.25, 0.3) is 22.4 Å². The third-order valence-electron chi connectivity index (χ3n) is 6.05. The lowest BCUT2D eigenvalue weighted by molar-refractivity contribution is 0.174. The average Bonchev–Trinajstić information content (AvgIpc) is 3.38. The fourth-order valence-electron chi connectivity index (χ4n) is 4.27. The van der Waals surface area contributed by atoms with Crippen molar-refractivity contribution >= 4 is 21.1 Å². The quantitative estimate of drug-likeness (QED) is 0.580. The Morgan fingerprint density at radius 3 is 2.61 bits per heavy atom. The summed E-state index contributed by atoms with van der Waals surface area (Å²) in [4.78, 5) is 22.5. The maximum atomic E-state index is 13.4. The monoisotopic (exact) mass is 474 g/mol. The number of sulfonamides is 1. The Hall–Kier alpha value is -2.96. The van der Waals surface area contributed by atoms with E-state index < -0.39 is 10.0 Å². The normalized spacial score (nSPS) is 17.2. The van der Waals surface area contributed by atoms with Crippen LogP contribution in [0.3, 0.4) is 0 Å². The third kappa shape index (κ3) is 3.67. The second-order valence-corrected chi connectivity index (χ2v) is 10.3. The van der Waals surface area contributed by atoms with Gasteiger partial charge in [-0.1, -0.05) is 13.3 Å². The first-order valence-corrected chi connectivity index (χ1v) is 12.3. The summed E-state index contributed by atoms with van der Waals surface area (Å²) >= 11 is 0. The van der Waals surface area contributed by atoms with E-state index in [1.807, 2.05) is 14.0 Å². The van der Waals surface area contributed by atoms with E-state index >= 15 is 0 Å². The zero-order valence-electron chi connectivity index (χ0n) is 18.8. The Morgan fingerprint density at radius 1 is 1.12 bits per heavy atom. The number of fused-ring (bicyclic) bond motifs is 2. The summed E-state index contributed by atoms with van der Waals surface area (Å²) in [6, 6.07) is 2.98. The van der Waals surface area contributed by atoms with Crippen molar-refractivity contribution in [3.63, 3.8) is 0 Å². The molecule has 0 saturated carbocycles. The Bertz CT molecular complexity index is 1390. The minimum atomic E-state index is -3.77. The van der Waals surface area contributed by atoms with Gasteiger partial charge < -0.3 is 19.4 Å². The van der Waals surface area contributed by atoms with E-state index in [9.17, 15) is 13.2 Å². The summed E-state index contributed by atoms with van der Waals surface area (Å²) in [6.45, 7) is 4.10. The number of aromatic nitrogens is 4. The molecule has 0 amide bonds. The van der Waals surface area contributed by atoms with Crippen molar-refractivity contribution in [2.24, 2.45) is 7.05 Å². The highest BCUT2D eigenvalue weighted by Crippen LogP contribution is 2.43. The Labute approximate surface area is 191 Å². The molecular formula is C21H26N6O5S.